The van der Waals surface area contributed by atoms with Crippen LogP contribution in [0.2, 0.25) is 0 Å². The van der Waals surface area contributed by atoms with E-state index in [0.717, 1.165) is 11.1 Å². The fraction of sp³-hybridized carbons (Fsp3) is 0. The first-order chi connectivity index (χ1) is 6.38. The molecule has 0 fully saturated rings. The van der Waals surface area contributed by atoms with Gasteiger partial charge in [0.25, 0.3) is 0 Å². The van der Waals surface area contributed by atoms with E-state index in [1.54, 1.807) is 0 Å². The number of allylic oxidation sites excluding steroid dienone is 5. The van der Waals surface area contributed by atoms with Gasteiger partial charge in [0.2, 0.25) is 0 Å². The molecule has 0 saturated carbocycles. The van der Waals surface area contributed by atoms with Crippen LogP contribution in [0.25, 0.3) is 5.76 Å². The van der Waals surface area contributed by atoms with Crippen LogP contribution in [0.4, 0.5) is 0 Å². The molecule has 0 unspecified atom stereocenters. The van der Waals surface area contributed by atoms with Gasteiger partial charge in [-0.2, -0.15) is 0 Å². The minimum Gasteiger partial charge on any atom is -0.507 e. The Labute approximate surface area is 77.3 Å². The van der Waals surface area contributed by atoms with Gasteiger partial charge in [0.1, 0.15) is 5.76 Å². The van der Waals surface area contributed by atoms with Crippen LogP contribution in [0.3, 0.4) is 0 Å². The number of benzene rings is 1. The zero-order valence-electron chi connectivity index (χ0n) is 7.14. The first-order valence-electron chi connectivity index (χ1n) is 4.21. The molecule has 13 heavy (non-hydrogen) atoms. The maximum absolute atomic E-state index is 9.80. The Hall–Kier alpha value is -1.76. The van der Waals surface area contributed by atoms with E-state index < -0.39 is 0 Å². The smallest absolute Gasteiger partial charge is 0.130 e. The van der Waals surface area contributed by atoms with Crippen molar-refractivity contribution in [1.82, 2.24) is 0 Å². The monoisotopic (exact) mass is 170 g/mol. The van der Waals surface area contributed by atoms with Gasteiger partial charge in [-0.3, -0.25) is 0 Å². The third kappa shape index (κ3) is 1.54. The summed E-state index contributed by atoms with van der Waals surface area (Å²) in [5.74, 6) is 0.339. The molecule has 0 aromatic heterocycles. The molecule has 1 aliphatic rings. The molecular weight excluding hydrogens is 160 g/mol. The number of aliphatic hydroxyl groups is 1. The van der Waals surface area contributed by atoms with Crippen LogP contribution in [0.15, 0.2) is 60.2 Å². The average molecular weight is 170 g/mol. The van der Waals surface area contributed by atoms with Crippen molar-refractivity contribution in [2.75, 3.05) is 0 Å². The number of hydrogen-bond donors (Lipinski definition) is 1. The predicted octanol–water partition coefficient (Wildman–Crippen LogP) is 3.08. The molecule has 0 amide bonds. The molecule has 0 bridgehead atoms. The van der Waals surface area contributed by atoms with Crippen molar-refractivity contribution in [3.63, 3.8) is 0 Å². The van der Waals surface area contributed by atoms with Gasteiger partial charge in [-0.25, -0.2) is 0 Å². The van der Waals surface area contributed by atoms with E-state index in [9.17, 15) is 5.11 Å². The Morgan fingerprint density at radius 3 is 2.15 bits per heavy atom. The van der Waals surface area contributed by atoms with E-state index in [-0.39, 0.29) is 0 Å². The zero-order valence-corrected chi connectivity index (χ0v) is 7.14. The van der Waals surface area contributed by atoms with E-state index in [1.807, 2.05) is 54.6 Å². The van der Waals surface area contributed by atoms with Gasteiger partial charge in [0.15, 0.2) is 0 Å². The van der Waals surface area contributed by atoms with Gasteiger partial charge < -0.3 is 5.11 Å². The summed E-state index contributed by atoms with van der Waals surface area (Å²) in [6.07, 6.45) is 7.60. The molecule has 0 atom stereocenters. The van der Waals surface area contributed by atoms with Crippen LogP contribution in [0.5, 0.6) is 0 Å². The lowest BCUT2D eigenvalue weighted by molar-refractivity contribution is 0.509. The molecule has 64 valence electrons. The lowest BCUT2D eigenvalue weighted by atomic mass is 10.1. The molecule has 0 heterocycles. The van der Waals surface area contributed by atoms with Crippen LogP contribution < -0.4 is 0 Å². The highest BCUT2D eigenvalue weighted by molar-refractivity contribution is 5.68. The second-order valence-corrected chi connectivity index (χ2v) is 2.89. The molecule has 0 aliphatic heterocycles. The van der Waals surface area contributed by atoms with Crippen LogP contribution in [-0.2, 0) is 0 Å². The molecule has 1 nitrogen and oxygen atoms in total. The summed E-state index contributed by atoms with van der Waals surface area (Å²) in [6, 6.07) is 9.54. The van der Waals surface area contributed by atoms with E-state index in [1.165, 1.54) is 0 Å². The van der Waals surface area contributed by atoms with Crippen LogP contribution in [-0.4, -0.2) is 5.11 Å². The fourth-order valence-corrected chi connectivity index (χ4v) is 1.29. The summed E-state index contributed by atoms with van der Waals surface area (Å²) in [5, 5.41) is 9.80. The standard InChI is InChI=1S/C12H10O/c13-12(11-8-4-5-9-11)10-6-2-1-3-7-10/h1-9,13H. The fourth-order valence-electron chi connectivity index (χ4n) is 1.29. The van der Waals surface area contributed by atoms with Gasteiger partial charge in [0.05, 0.1) is 0 Å². The first-order valence-corrected chi connectivity index (χ1v) is 4.21. The normalized spacial score (nSPS) is 13.7. The van der Waals surface area contributed by atoms with Gasteiger partial charge >= 0.3 is 0 Å². The second kappa shape index (κ2) is 3.31. The topological polar surface area (TPSA) is 20.2 Å². The SMILES string of the molecule is OC(=C1C=CC=C1)c1ccccc1. The molecule has 0 spiro atoms. The second-order valence-electron chi connectivity index (χ2n) is 2.89. The molecule has 0 radical (unpaired) electrons. The van der Waals surface area contributed by atoms with Crippen molar-refractivity contribution < 1.29 is 5.11 Å². The Morgan fingerprint density at radius 2 is 1.54 bits per heavy atom. The Bertz CT molecular complexity index is 369. The van der Waals surface area contributed by atoms with Crippen molar-refractivity contribution >= 4 is 5.76 Å². The van der Waals surface area contributed by atoms with Crippen molar-refractivity contribution in [1.29, 1.82) is 0 Å². The molecule has 1 aromatic rings. The third-order valence-electron chi connectivity index (χ3n) is 1.98. The minimum absolute atomic E-state index is 0.339. The molecule has 0 saturated heterocycles. The Morgan fingerprint density at radius 1 is 0.923 bits per heavy atom. The van der Waals surface area contributed by atoms with E-state index >= 15 is 0 Å². The van der Waals surface area contributed by atoms with Crippen LogP contribution in [0, 0.1) is 0 Å². The Balaban J connectivity index is 2.43. The maximum atomic E-state index is 9.80. The van der Waals surface area contributed by atoms with Crippen LogP contribution >= 0.6 is 0 Å². The third-order valence-corrected chi connectivity index (χ3v) is 1.98. The van der Waals surface area contributed by atoms with E-state index in [0.29, 0.717) is 5.76 Å². The van der Waals surface area contributed by atoms with E-state index in [4.69, 9.17) is 0 Å². The number of rotatable bonds is 1. The molecule has 2 rings (SSSR count). The molecular formula is C12H10O. The lowest BCUT2D eigenvalue weighted by Gasteiger charge is -2.01. The lowest BCUT2D eigenvalue weighted by Crippen LogP contribution is -1.84. The number of aliphatic hydroxyl groups excluding tert-OH is 1. The summed E-state index contributed by atoms with van der Waals surface area (Å²) < 4.78 is 0. The summed E-state index contributed by atoms with van der Waals surface area (Å²) in [6.45, 7) is 0. The van der Waals surface area contributed by atoms with Crippen molar-refractivity contribution in [3.8, 4) is 0 Å². The summed E-state index contributed by atoms with van der Waals surface area (Å²) >= 11 is 0. The minimum atomic E-state index is 0.339. The molecule has 1 aromatic carbocycles. The summed E-state index contributed by atoms with van der Waals surface area (Å²) in [7, 11) is 0. The van der Waals surface area contributed by atoms with Crippen LogP contribution in [0.1, 0.15) is 5.56 Å². The maximum Gasteiger partial charge on any atom is 0.130 e. The zero-order chi connectivity index (χ0) is 9.10. The van der Waals surface area contributed by atoms with Crippen molar-refractivity contribution in [2.24, 2.45) is 0 Å². The van der Waals surface area contributed by atoms with Gasteiger partial charge in [-0.1, -0.05) is 54.6 Å². The predicted molar refractivity (Wildman–Crippen MR) is 54.3 cm³/mol. The largest absolute Gasteiger partial charge is 0.507 e. The molecule has 1 aliphatic carbocycles. The van der Waals surface area contributed by atoms with E-state index in [2.05, 4.69) is 0 Å². The molecule has 1 heteroatoms. The highest BCUT2D eigenvalue weighted by atomic mass is 16.3. The Kier molecular flexibility index (Phi) is 2.01. The highest BCUT2D eigenvalue weighted by Gasteiger charge is 2.03. The summed E-state index contributed by atoms with van der Waals surface area (Å²) in [5.41, 5.74) is 1.72. The number of hydrogen-bond acceptors (Lipinski definition) is 1. The molecule has 1 N–H and O–H groups in total. The quantitative estimate of drug-likeness (QED) is 0.642. The van der Waals surface area contributed by atoms with Crippen molar-refractivity contribution in [2.45, 2.75) is 0 Å². The van der Waals surface area contributed by atoms with Gasteiger partial charge in [0, 0.05) is 11.1 Å². The summed E-state index contributed by atoms with van der Waals surface area (Å²) in [4.78, 5) is 0. The van der Waals surface area contributed by atoms with Gasteiger partial charge in [-0.15, -0.1) is 0 Å². The average Bonchev–Trinajstić information content (AvgIpc) is 2.71. The van der Waals surface area contributed by atoms with Gasteiger partial charge in [-0.05, 0) is 0 Å². The first kappa shape index (κ1) is 7.87. The highest BCUT2D eigenvalue weighted by Crippen LogP contribution is 2.19. The van der Waals surface area contributed by atoms with Crippen molar-refractivity contribution in [3.05, 3.63) is 65.8 Å².